The summed E-state index contributed by atoms with van der Waals surface area (Å²) in [5, 5.41) is 0. The zero-order chi connectivity index (χ0) is 16.8. The summed E-state index contributed by atoms with van der Waals surface area (Å²) in [6, 6.07) is 6.48. The average Bonchev–Trinajstić information content (AvgIpc) is 2.47. The van der Waals surface area contributed by atoms with Gasteiger partial charge in [0.2, 0.25) is 0 Å². The van der Waals surface area contributed by atoms with Crippen molar-refractivity contribution in [1.82, 2.24) is 9.03 Å². The first-order valence-corrected chi connectivity index (χ1v) is 9.17. The van der Waals surface area contributed by atoms with Crippen LogP contribution in [0.3, 0.4) is 0 Å². The molecule has 0 fully saturated rings. The number of ether oxygens (including phenoxy) is 1. The van der Waals surface area contributed by atoms with Crippen molar-refractivity contribution in [3.63, 3.8) is 0 Å². The molecule has 0 aliphatic rings. The molecule has 0 saturated heterocycles. The van der Waals surface area contributed by atoms with Crippen LogP contribution in [0.1, 0.15) is 31.9 Å². The van der Waals surface area contributed by atoms with Crippen molar-refractivity contribution < 1.29 is 17.9 Å². The number of benzene rings is 1. The molecule has 0 spiro atoms. The van der Waals surface area contributed by atoms with E-state index in [2.05, 4.69) is 25.4 Å². The molecule has 0 aliphatic carbocycles. The highest BCUT2D eigenvalue weighted by Crippen LogP contribution is 2.22. The standard InChI is InChI=1S/C14H21BrN2O4S/c1-4-17(5-2)22(19,20)16-13(10-14(18)21-3)11-7-6-8-12(15)9-11/h6-9,13,16H,4-5,10H2,1-3H3. The Bertz CT molecular complexity index is 603. The molecular formula is C14H21BrN2O4S. The van der Waals surface area contributed by atoms with Crippen molar-refractivity contribution in [2.45, 2.75) is 26.3 Å². The molecule has 0 heterocycles. The van der Waals surface area contributed by atoms with E-state index < -0.39 is 22.2 Å². The minimum Gasteiger partial charge on any atom is -0.469 e. The summed E-state index contributed by atoms with van der Waals surface area (Å²) in [4.78, 5) is 11.6. The van der Waals surface area contributed by atoms with Gasteiger partial charge in [-0.3, -0.25) is 4.79 Å². The minimum atomic E-state index is -3.68. The number of hydrogen-bond donors (Lipinski definition) is 1. The van der Waals surface area contributed by atoms with Gasteiger partial charge in [0.1, 0.15) is 0 Å². The zero-order valence-corrected chi connectivity index (χ0v) is 15.3. The molecule has 1 aromatic carbocycles. The van der Waals surface area contributed by atoms with Crippen LogP contribution in [0.15, 0.2) is 28.7 Å². The largest absolute Gasteiger partial charge is 0.469 e. The number of carbonyl (C=O) groups excluding carboxylic acids is 1. The third-order valence-electron chi connectivity index (χ3n) is 3.19. The fourth-order valence-electron chi connectivity index (χ4n) is 2.02. The van der Waals surface area contributed by atoms with E-state index in [0.29, 0.717) is 18.7 Å². The topological polar surface area (TPSA) is 75.7 Å². The fraction of sp³-hybridized carbons (Fsp3) is 0.500. The third kappa shape index (κ3) is 5.35. The van der Waals surface area contributed by atoms with Crippen LogP contribution in [0.5, 0.6) is 0 Å². The zero-order valence-electron chi connectivity index (χ0n) is 12.9. The number of nitrogens with one attached hydrogen (secondary N) is 1. The molecule has 124 valence electrons. The highest BCUT2D eigenvalue weighted by atomic mass is 79.9. The Balaban J connectivity index is 3.08. The van der Waals surface area contributed by atoms with E-state index in [0.717, 1.165) is 4.47 Å². The monoisotopic (exact) mass is 392 g/mol. The summed E-state index contributed by atoms with van der Waals surface area (Å²) >= 11 is 3.35. The second-order valence-corrected chi connectivity index (χ2v) is 7.21. The average molecular weight is 393 g/mol. The molecule has 1 unspecified atom stereocenters. The Morgan fingerprint density at radius 3 is 2.50 bits per heavy atom. The molecule has 0 radical (unpaired) electrons. The summed E-state index contributed by atoms with van der Waals surface area (Å²) in [5.74, 6) is -0.479. The maximum absolute atomic E-state index is 12.4. The van der Waals surface area contributed by atoms with Gasteiger partial charge in [-0.25, -0.2) is 0 Å². The van der Waals surface area contributed by atoms with Crippen LogP contribution in [0.4, 0.5) is 0 Å². The number of carbonyl (C=O) groups is 1. The van der Waals surface area contributed by atoms with Crippen molar-refractivity contribution in [3.05, 3.63) is 34.3 Å². The highest BCUT2D eigenvalue weighted by molar-refractivity contribution is 9.10. The first-order valence-electron chi connectivity index (χ1n) is 6.93. The molecular weight excluding hydrogens is 372 g/mol. The summed E-state index contributed by atoms with van der Waals surface area (Å²) < 4.78 is 34.1. The number of methoxy groups -OCH3 is 1. The van der Waals surface area contributed by atoms with Gasteiger partial charge in [-0.1, -0.05) is 41.9 Å². The van der Waals surface area contributed by atoms with Gasteiger partial charge in [0.15, 0.2) is 0 Å². The SMILES string of the molecule is CCN(CC)S(=O)(=O)NC(CC(=O)OC)c1cccc(Br)c1. The number of esters is 1. The van der Waals surface area contributed by atoms with E-state index >= 15 is 0 Å². The van der Waals surface area contributed by atoms with E-state index in [4.69, 9.17) is 0 Å². The Labute approximate surface area is 140 Å². The van der Waals surface area contributed by atoms with Gasteiger partial charge >= 0.3 is 5.97 Å². The van der Waals surface area contributed by atoms with E-state index in [-0.39, 0.29) is 6.42 Å². The van der Waals surface area contributed by atoms with Gasteiger partial charge < -0.3 is 4.74 Å². The molecule has 0 aromatic heterocycles. The molecule has 1 N–H and O–H groups in total. The van der Waals surface area contributed by atoms with Crippen molar-refractivity contribution in [1.29, 1.82) is 0 Å². The van der Waals surface area contributed by atoms with Crippen LogP contribution < -0.4 is 4.72 Å². The summed E-state index contributed by atoms with van der Waals surface area (Å²) in [6.45, 7) is 4.23. The Hall–Kier alpha value is -0.960. The Morgan fingerprint density at radius 1 is 1.36 bits per heavy atom. The van der Waals surface area contributed by atoms with Crippen molar-refractivity contribution >= 4 is 32.1 Å². The van der Waals surface area contributed by atoms with Crippen LogP contribution in [0, 0.1) is 0 Å². The highest BCUT2D eigenvalue weighted by Gasteiger charge is 2.26. The van der Waals surface area contributed by atoms with Crippen LogP contribution in [-0.2, 0) is 19.7 Å². The van der Waals surface area contributed by atoms with Gasteiger partial charge in [0, 0.05) is 17.6 Å². The fourth-order valence-corrected chi connectivity index (χ4v) is 3.84. The van der Waals surface area contributed by atoms with E-state index in [1.54, 1.807) is 32.0 Å². The van der Waals surface area contributed by atoms with Crippen molar-refractivity contribution in [2.24, 2.45) is 0 Å². The summed E-state index contributed by atoms with van der Waals surface area (Å²) in [7, 11) is -2.40. The Morgan fingerprint density at radius 2 is 2.00 bits per heavy atom. The summed E-state index contributed by atoms with van der Waals surface area (Å²) in [6.07, 6.45) is -0.0759. The maximum Gasteiger partial charge on any atom is 0.307 e. The van der Waals surface area contributed by atoms with Crippen LogP contribution >= 0.6 is 15.9 Å². The second kappa shape index (κ2) is 8.61. The smallest absolute Gasteiger partial charge is 0.307 e. The first kappa shape index (κ1) is 19.1. The van der Waals surface area contributed by atoms with Gasteiger partial charge in [-0.15, -0.1) is 0 Å². The lowest BCUT2D eigenvalue weighted by atomic mass is 10.1. The number of hydrogen-bond acceptors (Lipinski definition) is 4. The maximum atomic E-state index is 12.4. The molecule has 0 saturated carbocycles. The molecule has 0 amide bonds. The minimum absolute atomic E-state index is 0.0759. The van der Waals surface area contributed by atoms with E-state index in [1.165, 1.54) is 11.4 Å². The molecule has 1 aromatic rings. The van der Waals surface area contributed by atoms with Crippen molar-refractivity contribution in [2.75, 3.05) is 20.2 Å². The van der Waals surface area contributed by atoms with Gasteiger partial charge in [0.05, 0.1) is 19.6 Å². The molecule has 22 heavy (non-hydrogen) atoms. The number of rotatable bonds is 8. The van der Waals surface area contributed by atoms with Crippen LogP contribution in [-0.4, -0.2) is 38.9 Å². The lowest BCUT2D eigenvalue weighted by Crippen LogP contribution is -2.42. The lowest BCUT2D eigenvalue weighted by molar-refractivity contribution is -0.141. The molecule has 0 bridgehead atoms. The lowest BCUT2D eigenvalue weighted by Gasteiger charge is -2.24. The van der Waals surface area contributed by atoms with Crippen LogP contribution in [0.2, 0.25) is 0 Å². The molecule has 8 heteroatoms. The molecule has 1 atom stereocenters. The van der Waals surface area contributed by atoms with Gasteiger partial charge in [-0.2, -0.15) is 17.4 Å². The predicted octanol–water partition coefficient (Wildman–Crippen LogP) is 2.23. The van der Waals surface area contributed by atoms with Crippen LogP contribution in [0.25, 0.3) is 0 Å². The van der Waals surface area contributed by atoms with E-state index in [1.807, 2.05) is 6.07 Å². The van der Waals surface area contributed by atoms with Crippen molar-refractivity contribution in [3.8, 4) is 0 Å². The normalized spacial score (nSPS) is 13.1. The van der Waals surface area contributed by atoms with Gasteiger partial charge in [0.25, 0.3) is 10.2 Å². The second-order valence-electron chi connectivity index (χ2n) is 4.60. The third-order valence-corrected chi connectivity index (χ3v) is 5.46. The van der Waals surface area contributed by atoms with E-state index in [9.17, 15) is 13.2 Å². The summed E-state index contributed by atoms with van der Waals surface area (Å²) in [5.41, 5.74) is 0.690. The molecule has 0 aliphatic heterocycles. The molecule has 1 rings (SSSR count). The number of nitrogens with zero attached hydrogens (tertiary/aromatic N) is 1. The molecule has 6 nitrogen and oxygen atoms in total. The first-order chi connectivity index (χ1) is 10.3. The Kier molecular flexibility index (Phi) is 7.47. The predicted molar refractivity (Wildman–Crippen MR) is 88.5 cm³/mol. The van der Waals surface area contributed by atoms with Gasteiger partial charge in [-0.05, 0) is 17.7 Å². The number of halogens is 1. The quantitative estimate of drug-likeness (QED) is 0.688.